The molecule has 0 radical (unpaired) electrons. The molecule has 2 aromatic rings. The first-order valence-corrected chi connectivity index (χ1v) is 11.6. The minimum atomic E-state index is -3.54. The van der Waals surface area contributed by atoms with Crippen LogP contribution in [0, 0.1) is 0 Å². The van der Waals surface area contributed by atoms with Crippen molar-refractivity contribution in [3.05, 3.63) is 24.0 Å². The first-order chi connectivity index (χ1) is 13.9. The van der Waals surface area contributed by atoms with Crippen LogP contribution >= 0.6 is 0 Å². The fourth-order valence-electron chi connectivity index (χ4n) is 3.30. The van der Waals surface area contributed by atoms with Gasteiger partial charge < -0.3 is 14.6 Å². The van der Waals surface area contributed by atoms with E-state index in [0.29, 0.717) is 44.6 Å². The highest BCUT2D eigenvalue weighted by molar-refractivity contribution is 7.89. The van der Waals surface area contributed by atoms with Gasteiger partial charge in [-0.2, -0.15) is 4.31 Å². The second-order valence-electron chi connectivity index (χ2n) is 6.76. The van der Waals surface area contributed by atoms with E-state index in [9.17, 15) is 13.2 Å². The van der Waals surface area contributed by atoms with Gasteiger partial charge >= 0.3 is 0 Å². The second kappa shape index (κ2) is 10.7. The Morgan fingerprint density at radius 3 is 2.59 bits per heavy atom. The molecule has 1 heterocycles. The first kappa shape index (κ1) is 23.3. The molecule has 29 heavy (non-hydrogen) atoms. The molecule has 1 amide bonds. The molecule has 1 aromatic heterocycles. The van der Waals surface area contributed by atoms with Gasteiger partial charge in [-0.05, 0) is 24.6 Å². The van der Waals surface area contributed by atoms with Crippen LogP contribution in [0.25, 0.3) is 11.0 Å². The van der Waals surface area contributed by atoms with E-state index in [1.54, 1.807) is 19.2 Å². The maximum absolute atomic E-state index is 12.8. The average Bonchev–Trinajstić information content (AvgIpc) is 3.04. The smallest absolute Gasteiger partial charge is 0.243 e. The number of rotatable bonds is 12. The van der Waals surface area contributed by atoms with Crippen LogP contribution in [0.3, 0.4) is 0 Å². The summed E-state index contributed by atoms with van der Waals surface area (Å²) in [6.07, 6.45) is 1.73. The minimum Gasteiger partial charge on any atom is -0.383 e. The Bertz CT molecular complexity index is 920. The van der Waals surface area contributed by atoms with Crippen molar-refractivity contribution in [1.82, 2.24) is 19.2 Å². The van der Waals surface area contributed by atoms with Crippen LogP contribution in [0.2, 0.25) is 0 Å². The molecular formula is C20H32N4O4S. The molecule has 0 atom stereocenters. The van der Waals surface area contributed by atoms with Gasteiger partial charge in [0.2, 0.25) is 15.9 Å². The van der Waals surface area contributed by atoms with Gasteiger partial charge in [0.05, 0.1) is 22.5 Å². The van der Waals surface area contributed by atoms with Crippen LogP contribution < -0.4 is 5.32 Å². The van der Waals surface area contributed by atoms with E-state index in [-0.39, 0.29) is 10.8 Å². The fraction of sp³-hybridized carbons (Fsp3) is 0.600. The number of fused-ring (bicyclic) bond motifs is 1. The van der Waals surface area contributed by atoms with E-state index in [1.807, 2.05) is 19.9 Å². The third-order valence-corrected chi connectivity index (χ3v) is 6.84. The predicted molar refractivity (Wildman–Crippen MR) is 113 cm³/mol. The Morgan fingerprint density at radius 1 is 1.24 bits per heavy atom. The van der Waals surface area contributed by atoms with E-state index in [0.717, 1.165) is 24.3 Å². The highest BCUT2D eigenvalue weighted by atomic mass is 32.2. The molecule has 1 N–H and O–H groups in total. The van der Waals surface area contributed by atoms with E-state index in [2.05, 4.69) is 21.8 Å². The van der Waals surface area contributed by atoms with Gasteiger partial charge in [-0.25, -0.2) is 13.4 Å². The van der Waals surface area contributed by atoms with Gasteiger partial charge in [-0.1, -0.05) is 20.8 Å². The lowest BCUT2D eigenvalue weighted by atomic mass is 10.2. The third-order valence-electron chi connectivity index (χ3n) is 4.79. The van der Waals surface area contributed by atoms with Gasteiger partial charge in [0.25, 0.3) is 0 Å². The zero-order valence-corrected chi connectivity index (χ0v) is 18.6. The lowest BCUT2D eigenvalue weighted by Crippen LogP contribution is -2.30. The summed E-state index contributed by atoms with van der Waals surface area (Å²) in [7, 11) is -1.95. The number of hydrogen-bond donors (Lipinski definition) is 1. The monoisotopic (exact) mass is 424 g/mol. The van der Waals surface area contributed by atoms with Crippen molar-refractivity contribution in [2.45, 2.75) is 51.5 Å². The number of nitrogens with zero attached hydrogens (tertiary/aromatic N) is 3. The molecule has 0 saturated carbocycles. The number of aryl methyl sites for hydroxylation is 2. The predicted octanol–water partition coefficient (Wildman–Crippen LogP) is 2.17. The number of nitrogens with one attached hydrogen (secondary N) is 1. The quantitative estimate of drug-likeness (QED) is 0.527. The molecule has 2 rings (SSSR count). The van der Waals surface area contributed by atoms with Crippen LogP contribution in [-0.2, 0) is 32.5 Å². The van der Waals surface area contributed by atoms with Crippen LogP contribution in [0.1, 0.15) is 39.4 Å². The van der Waals surface area contributed by atoms with Crippen molar-refractivity contribution in [2.24, 2.45) is 0 Å². The molecule has 8 nitrogen and oxygen atoms in total. The molecule has 0 bridgehead atoms. The fourth-order valence-corrected chi connectivity index (χ4v) is 4.78. The van der Waals surface area contributed by atoms with Gasteiger partial charge in [0, 0.05) is 46.1 Å². The van der Waals surface area contributed by atoms with Crippen LogP contribution in [0.5, 0.6) is 0 Å². The van der Waals surface area contributed by atoms with Crippen molar-refractivity contribution in [3.63, 3.8) is 0 Å². The Morgan fingerprint density at radius 2 is 1.97 bits per heavy atom. The minimum absolute atomic E-state index is 0.0537. The van der Waals surface area contributed by atoms with E-state index in [4.69, 9.17) is 4.74 Å². The third kappa shape index (κ3) is 5.55. The zero-order chi connectivity index (χ0) is 21.4. The lowest BCUT2D eigenvalue weighted by Gasteiger charge is -2.18. The summed E-state index contributed by atoms with van der Waals surface area (Å²) < 4.78 is 34.1. The number of sulfonamides is 1. The van der Waals surface area contributed by atoms with Gasteiger partial charge in [-0.3, -0.25) is 4.79 Å². The number of carbonyl (C=O) groups is 1. The van der Waals surface area contributed by atoms with E-state index >= 15 is 0 Å². The molecule has 162 valence electrons. The molecule has 0 spiro atoms. The first-order valence-electron chi connectivity index (χ1n) is 10.1. The maximum atomic E-state index is 12.8. The summed E-state index contributed by atoms with van der Waals surface area (Å²) in [5.74, 6) is 0.739. The van der Waals surface area contributed by atoms with Gasteiger partial charge in [0.1, 0.15) is 5.82 Å². The Hall–Kier alpha value is -1.97. The number of benzene rings is 1. The molecule has 0 unspecified atom stereocenters. The number of aromatic nitrogens is 2. The summed E-state index contributed by atoms with van der Waals surface area (Å²) in [5, 5.41) is 2.81. The summed E-state index contributed by atoms with van der Waals surface area (Å²) in [5.41, 5.74) is 1.53. The molecule has 0 fully saturated rings. The Kier molecular flexibility index (Phi) is 8.60. The Labute approximate surface area is 173 Å². The molecule has 1 aromatic carbocycles. The van der Waals surface area contributed by atoms with Crippen LogP contribution in [0.4, 0.5) is 0 Å². The normalized spacial score (nSPS) is 12.0. The van der Waals surface area contributed by atoms with E-state index in [1.165, 1.54) is 4.31 Å². The molecule has 0 aliphatic rings. The van der Waals surface area contributed by atoms with Crippen molar-refractivity contribution in [1.29, 1.82) is 0 Å². The van der Waals surface area contributed by atoms with E-state index < -0.39 is 10.0 Å². The number of imidazole rings is 1. The number of amides is 1. The summed E-state index contributed by atoms with van der Waals surface area (Å²) in [4.78, 5) is 16.9. The van der Waals surface area contributed by atoms with Crippen molar-refractivity contribution in [3.8, 4) is 0 Å². The van der Waals surface area contributed by atoms with Crippen molar-refractivity contribution in [2.75, 3.05) is 33.4 Å². The number of hydrogen-bond acceptors (Lipinski definition) is 5. The lowest BCUT2D eigenvalue weighted by molar-refractivity contribution is -0.121. The molecule has 9 heteroatoms. The molecular weight excluding hydrogens is 392 g/mol. The number of ether oxygens (including phenoxy) is 1. The van der Waals surface area contributed by atoms with Gasteiger partial charge in [0.15, 0.2) is 0 Å². The highest BCUT2D eigenvalue weighted by Crippen LogP contribution is 2.24. The van der Waals surface area contributed by atoms with Crippen molar-refractivity contribution >= 4 is 27.0 Å². The maximum Gasteiger partial charge on any atom is 0.243 e. The summed E-state index contributed by atoms with van der Waals surface area (Å²) in [6, 6.07) is 5.10. The summed E-state index contributed by atoms with van der Waals surface area (Å²) >= 11 is 0. The largest absolute Gasteiger partial charge is 0.383 e. The van der Waals surface area contributed by atoms with Crippen LogP contribution in [-0.4, -0.2) is 61.5 Å². The number of carbonyl (C=O) groups excluding carboxylic acids is 1. The molecule has 0 saturated heterocycles. The second-order valence-corrected chi connectivity index (χ2v) is 8.70. The molecule has 0 aliphatic carbocycles. The van der Waals surface area contributed by atoms with Crippen LogP contribution in [0.15, 0.2) is 23.1 Å². The molecule has 0 aliphatic heterocycles. The summed E-state index contributed by atoms with van der Waals surface area (Å²) in [6.45, 7) is 8.29. The SMILES string of the molecule is CCCn1c(CCC(=O)NCCOC)nc2cc(S(=O)(=O)N(CC)CC)ccc21. The topological polar surface area (TPSA) is 93.5 Å². The van der Waals surface area contributed by atoms with Crippen molar-refractivity contribution < 1.29 is 17.9 Å². The highest BCUT2D eigenvalue weighted by Gasteiger charge is 2.23. The average molecular weight is 425 g/mol. The Balaban J connectivity index is 2.30. The van der Waals surface area contributed by atoms with Gasteiger partial charge in [-0.15, -0.1) is 0 Å². The number of methoxy groups -OCH3 is 1. The standard InChI is InChI=1S/C20H32N4O4S/c1-5-13-24-18-9-8-16(29(26,27)23(6-2)7-3)15-17(18)22-19(24)10-11-20(25)21-12-14-28-4/h8-9,15H,5-7,10-14H2,1-4H3,(H,21,25). The zero-order valence-electron chi connectivity index (χ0n) is 17.8.